The minimum Gasteiger partial charge on any atom is -0.356 e. The first-order valence-electron chi connectivity index (χ1n) is 5.65. The molecule has 0 aromatic rings. The number of hydrogen-bond donors (Lipinski definition) is 2. The number of aliphatic imine (C=N–C) groups is 1. The molecule has 2 atom stereocenters. The molecule has 2 rings (SSSR count). The molecule has 2 aliphatic rings. The fourth-order valence-electron chi connectivity index (χ4n) is 1.88. The van der Waals surface area contributed by atoms with E-state index < -0.39 is 0 Å². The van der Waals surface area contributed by atoms with Crippen molar-refractivity contribution in [2.45, 2.75) is 39.7 Å². The number of guanidine groups is 1. The van der Waals surface area contributed by atoms with Gasteiger partial charge in [0.05, 0.1) is 0 Å². The van der Waals surface area contributed by atoms with Crippen molar-refractivity contribution in [3.8, 4) is 0 Å². The molecule has 1 heterocycles. The molecule has 1 fully saturated rings. The molecule has 80 valence electrons. The highest BCUT2D eigenvalue weighted by atomic mass is 15.2. The lowest BCUT2D eigenvalue weighted by Crippen LogP contribution is -2.48. The van der Waals surface area contributed by atoms with Gasteiger partial charge in [-0.15, -0.1) is 0 Å². The Labute approximate surface area is 86.4 Å². The van der Waals surface area contributed by atoms with E-state index in [9.17, 15) is 0 Å². The van der Waals surface area contributed by atoms with Gasteiger partial charge in [-0.1, -0.05) is 27.2 Å². The molecule has 0 saturated heterocycles. The van der Waals surface area contributed by atoms with Gasteiger partial charge in [0.2, 0.25) is 0 Å². The maximum Gasteiger partial charge on any atom is 0.191 e. The van der Waals surface area contributed by atoms with E-state index in [1.807, 2.05) is 0 Å². The summed E-state index contributed by atoms with van der Waals surface area (Å²) in [4.78, 5) is 4.53. The molecule has 1 aliphatic carbocycles. The lowest BCUT2D eigenvalue weighted by Gasteiger charge is -2.29. The maximum absolute atomic E-state index is 4.53. The Morgan fingerprint density at radius 3 is 2.86 bits per heavy atom. The van der Waals surface area contributed by atoms with Crippen LogP contribution >= 0.6 is 0 Å². The van der Waals surface area contributed by atoms with E-state index in [4.69, 9.17) is 0 Å². The van der Waals surface area contributed by atoms with Crippen LogP contribution in [-0.2, 0) is 0 Å². The molecule has 0 aromatic carbocycles. The van der Waals surface area contributed by atoms with Crippen LogP contribution in [0.1, 0.15) is 33.6 Å². The van der Waals surface area contributed by atoms with E-state index in [1.165, 1.54) is 12.8 Å². The fourth-order valence-corrected chi connectivity index (χ4v) is 1.88. The second kappa shape index (κ2) is 3.44. The molecule has 2 unspecified atom stereocenters. The molecule has 14 heavy (non-hydrogen) atoms. The number of rotatable bonds is 2. The molecule has 1 saturated carbocycles. The summed E-state index contributed by atoms with van der Waals surface area (Å²) < 4.78 is 0. The number of nitrogens with one attached hydrogen (secondary N) is 2. The SMILES string of the molecule is CCC1CC1NC1=NCC(C)(C)CN1. The first kappa shape index (κ1) is 9.81. The van der Waals surface area contributed by atoms with E-state index >= 15 is 0 Å². The van der Waals surface area contributed by atoms with E-state index in [0.717, 1.165) is 25.0 Å². The van der Waals surface area contributed by atoms with E-state index in [2.05, 4.69) is 36.4 Å². The van der Waals surface area contributed by atoms with Crippen LogP contribution in [0.5, 0.6) is 0 Å². The summed E-state index contributed by atoms with van der Waals surface area (Å²) in [5.41, 5.74) is 0.318. The second-order valence-corrected chi connectivity index (χ2v) is 5.34. The third kappa shape index (κ3) is 2.20. The third-order valence-electron chi connectivity index (χ3n) is 3.17. The molecule has 3 heteroatoms. The molecular weight excluding hydrogens is 174 g/mol. The van der Waals surface area contributed by atoms with Gasteiger partial charge in [-0.2, -0.15) is 0 Å². The summed E-state index contributed by atoms with van der Waals surface area (Å²) in [5.74, 6) is 1.90. The summed E-state index contributed by atoms with van der Waals surface area (Å²) in [5, 5.41) is 6.83. The molecule has 3 nitrogen and oxygen atoms in total. The van der Waals surface area contributed by atoms with Gasteiger partial charge >= 0.3 is 0 Å². The standard InChI is InChI=1S/C11H21N3/c1-4-8-5-9(8)14-10-12-6-11(2,3)7-13-10/h8-9H,4-7H2,1-3H3,(H2,12,13,14). The van der Waals surface area contributed by atoms with Gasteiger partial charge in [0.1, 0.15) is 0 Å². The normalized spacial score (nSPS) is 34.4. The number of nitrogens with zero attached hydrogens (tertiary/aromatic N) is 1. The summed E-state index contributed by atoms with van der Waals surface area (Å²) in [7, 11) is 0. The molecular formula is C11H21N3. The average molecular weight is 195 g/mol. The Kier molecular flexibility index (Phi) is 2.41. The Hall–Kier alpha value is -0.730. The van der Waals surface area contributed by atoms with Crippen LogP contribution in [0.4, 0.5) is 0 Å². The van der Waals surface area contributed by atoms with Gasteiger partial charge in [0, 0.05) is 24.5 Å². The molecule has 0 spiro atoms. The highest BCUT2D eigenvalue weighted by molar-refractivity contribution is 5.81. The fraction of sp³-hybridized carbons (Fsp3) is 0.909. The zero-order valence-corrected chi connectivity index (χ0v) is 9.43. The van der Waals surface area contributed by atoms with Crippen LogP contribution in [0, 0.1) is 11.3 Å². The van der Waals surface area contributed by atoms with Gasteiger partial charge in [-0.3, -0.25) is 4.99 Å². The van der Waals surface area contributed by atoms with Crippen molar-refractivity contribution in [1.82, 2.24) is 10.6 Å². The summed E-state index contributed by atoms with van der Waals surface area (Å²) in [6, 6.07) is 0.687. The van der Waals surface area contributed by atoms with Gasteiger partial charge in [-0.25, -0.2) is 0 Å². The molecule has 0 amide bonds. The predicted molar refractivity (Wildman–Crippen MR) is 59.4 cm³/mol. The maximum atomic E-state index is 4.53. The highest BCUT2D eigenvalue weighted by Gasteiger charge is 2.36. The molecule has 0 radical (unpaired) electrons. The van der Waals surface area contributed by atoms with Crippen molar-refractivity contribution >= 4 is 5.96 Å². The van der Waals surface area contributed by atoms with Crippen molar-refractivity contribution in [1.29, 1.82) is 0 Å². The first-order chi connectivity index (χ1) is 6.61. The van der Waals surface area contributed by atoms with Crippen molar-refractivity contribution in [3.05, 3.63) is 0 Å². The van der Waals surface area contributed by atoms with Crippen molar-refractivity contribution < 1.29 is 0 Å². The van der Waals surface area contributed by atoms with E-state index in [-0.39, 0.29) is 0 Å². The van der Waals surface area contributed by atoms with E-state index in [0.29, 0.717) is 11.5 Å². The Morgan fingerprint density at radius 1 is 1.57 bits per heavy atom. The second-order valence-electron chi connectivity index (χ2n) is 5.34. The van der Waals surface area contributed by atoms with Gasteiger partial charge in [0.15, 0.2) is 5.96 Å². The molecule has 0 aromatic heterocycles. The smallest absolute Gasteiger partial charge is 0.191 e. The Balaban J connectivity index is 1.81. The summed E-state index contributed by atoms with van der Waals surface area (Å²) >= 11 is 0. The monoisotopic (exact) mass is 195 g/mol. The van der Waals surface area contributed by atoms with Gasteiger partial charge < -0.3 is 10.6 Å². The van der Waals surface area contributed by atoms with Gasteiger partial charge in [0.25, 0.3) is 0 Å². The predicted octanol–water partition coefficient (Wildman–Crippen LogP) is 1.36. The van der Waals surface area contributed by atoms with Crippen LogP contribution in [0.25, 0.3) is 0 Å². The van der Waals surface area contributed by atoms with Crippen LogP contribution < -0.4 is 10.6 Å². The molecule has 2 N–H and O–H groups in total. The topological polar surface area (TPSA) is 36.4 Å². The Bertz CT molecular complexity index is 245. The highest BCUT2D eigenvalue weighted by Crippen LogP contribution is 2.33. The minimum atomic E-state index is 0.318. The van der Waals surface area contributed by atoms with Crippen molar-refractivity contribution in [2.24, 2.45) is 16.3 Å². The number of hydrogen-bond acceptors (Lipinski definition) is 3. The van der Waals surface area contributed by atoms with Crippen molar-refractivity contribution in [2.75, 3.05) is 13.1 Å². The van der Waals surface area contributed by atoms with Crippen LogP contribution in [-0.4, -0.2) is 25.1 Å². The third-order valence-corrected chi connectivity index (χ3v) is 3.17. The zero-order valence-electron chi connectivity index (χ0n) is 9.43. The quantitative estimate of drug-likeness (QED) is 0.698. The van der Waals surface area contributed by atoms with Crippen LogP contribution in [0.3, 0.4) is 0 Å². The average Bonchev–Trinajstić information content (AvgIpc) is 2.88. The summed E-state index contributed by atoms with van der Waals surface area (Å²) in [6.07, 6.45) is 2.61. The lowest BCUT2D eigenvalue weighted by atomic mass is 9.93. The largest absolute Gasteiger partial charge is 0.356 e. The minimum absolute atomic E-state index is 0.318. The van der Waals surface area contributed by atoms with Crippen molar-refractivity contribution in [3.63, 3.8) is 0 Å². The van der Waals surface area contributed by atoms with Gasteiger partial charge in [-0.05, 0) is 12.3 Å². The molecule has 0 bridgehead atoms. The molecule has 1 aliphatic heterocycles. The van der Waals surface area contributed by atoms with E-state index in [1.54, 1.807) is 0 Å². The summed E-state index contributed by atoms with van der Waals surface area (Å²) in [6.45, 7) is 8.71. The first-order valence-corrected chi connectivity index (χ1v) is 5.65. The lowest BCUT2D eigenvalue weighted by molar-refractivity contribution is 0.358. The Morgan fingerprint density at radius 2 is 2.36 bits per heavy atom. The van der Waals surface area contributed by atoms with Crippen LogP contribution in [0.2, 0.25) is 0 Å². The van der Waals surface area contributed by atoms with Crippen LogP contribution in [0.15, 0.2) is 4.99 Å². The zero-order chi connectivity index (χ0) is 10.2.